The number of morpholine rings is 1. The predicted octanol–water partition coefficient (Wildman–Crippen LogP) is 1.29. The molecule has 0 amide bonds. The summed E-state index contributed by atoms with van der Waals surface area (Å²) in [6.45, 7) is 4.67. The van der Waals surface area contributed by atoms with Crippen LogP contribution in [0, 0.1) is 0 Å². The minimum Gasteiger partial charge on any atom is -0.496 e. The number of rotatable bonds is 5. The third kappa shape index (κ3) is 3.22. The molecule has 0 spiro atoms. The number of para-hydroxylation sites is 1. The van der Waals surface area contributed by atoms with E-state index in [0.29, 0.717) is 6.04 Å². The van der Waals surface area contributed by atoms with Crippen LogP contribution in [0.1, 0.15) is 11.6 Å². The maximum absolute atomic E-state index is 5.43. The Morgan fingerprint density at radius 1 is 1.33 bits per heavy atom. The van der Waals surface area contributed by atoms with Crippen LogP contribution in [-0.4, -0.2) is 51.9 Å². The maximum Gasteiger partial charge on any atom is 0.123 e. The molecule has 1 aromatic rings. The van der Waals surface area contributed by atoms with Crippen molar-refractivity contribution in [2.24, 2.45) is 0 Å². The van der Waals surface area contributed by atoms with Crippen molar-refractivity contribution in [2.75, 3.05) is 47.0 Å². The molecule has 1 saturated heterocycles. The molecule has 4 heteroatoms. The summed E-state index contributed by atoms with van der Waals surface area (Å²) in [5.41, 5.74) is 1.22. The minimum atomic E-state index is 0.291. The Bertz CT molecular complexity index is 365. The molecule has 1 unspecified atom stereocenters. The van der Waals surface area contributed by atoms with E-state index in [-0.39, 0.29) is 0 Å². The fourth-order valence-electron chi connectivity index (χ4n) is 2.34. The summed E-state index contributed by atoms with van der Waals surface area (Å²) in [5.74, 6) is 0.949. The van der Waals surface area contributed by atoms with E-state index in [0.717, 1.165) is 38.6 Å². The average Bonchev–Trinajstić information content (AvgIpc) is 2.46. The van der Waals surface area contributed by atoms with Crippen LogP contribution in [0.4, 0.5) is 0 Å². The third-order valence-corrected chi connectivity index (χ3v) is 3.41. The molecule has 18 heavy (non-hydrogen) atoms. The SMILES string of the molecule is CNC(CN1CCOCC1)c1ccccc1OC. The van der Waals surface area contributed by atoms with Gasteiger partial charge in [0, 0.05) is 31.2 Å². The number of nitrogens with one attached hydrogen (secondary N) is 1. The molecule has 1 fully saturated rings. The molecule has 0 saturated carbocycles. The van der Waals surface area contributed by atoms with E-state index in [9.17, 15) is 0 Å². The first-order valence-electron chi connectivity index (χ1n) is 6.45. The lowest BCUT2D eigenvalue weighted by molar-refractivity contribution is 0.0337. The van der Waals surface area contributed by atoms with Crippen LogP contribution in [0.5, 0.6) is 5.75 Å². The first-order valence-corrected chi connectivity index (χ1v) is 6.45. The molecule has 1 heterocycles. The fraction of sp³-hybridized carbons (Fsp3) is 0.571. The van der Waals surface area contributed by atoms with Crippen LogP contribution in [0.3, 0.4) is 0 Å². The molecule has 0 aliphatic carbocycles. The summed E-state index contributed by atoms with van der Waals surface area (Å²) in [5, 5.41) is 3.38. The zero-order valence-corrected chi connectivity index (χ0v) is 11.2. The lowest BCUT2D eigenvalue weighted by Gasteiger charge is -2.31. The van der Waals surface area contributed by atoms with Gasteiger partial charge in [-0.3, -0.25) is 4.90 Å². The Morgan fingerprint density at radius 2 is 2.06 bits per heavy atom. The highest BCUT2D eigenvalue weighted by molar-refractivity contribution is 5.36. The van der Waals surface area contributed by atoms with Gasteiger partial charge in [-0.05, 0) is 13.1 Å². The first-order chi connectivity index (χ1) is 8.85. The van der Waals surface area contributed by atoms with E-state index in [1.54, 1.807) is 7.11 Å². The van der Waals surface area contributed by atoms with Crippen LogP contribution in [0.2, 0.25) is 0 Å². The molecular formula is C14H22N2O2. The van der Waals surface area contributed by atoms with Gasteiger partial charge in [0.15, 0.2) is 0 Å². The molecule has 0 aromatic heterocycles. The second kappa shape index (κ2) is 6.73. The van der Waals surface area contributed by atoms with Gasteiger partial charge < -0.3 is 14.8 Å². The summed E-state index contributed by atoms with van der Waals surface area (Å²) in [6, 6.07) is 8.49. The fourth-order valence-corrected chi connectivity index (χ4v) is 2.34. The van der Waals surface area contributed by atoms with Crippen molar-refractivity contribution in [1.82, 2.24) is 10.2 Å². The van der Waals surface area contributed by atoms with Gasteiger partial charge in [0.2, 0.25) is 0 Å². The van der Waals surface area contributed by atoms with E-state index >= 15 is 0 Å². The smallest absolute Gasteiger partial charge is 0.123 e. The maximum atomic E-state index is 5.43. The second-order valence-electron chi connectivity index (χ2n) is 4.50. The summed E-state index contributed by atoms with van der Waals surface area (Å²) in [7, 11) is 3.72. The highest BCUT2D eigenvalue weighted by Crippen LogP contribution is 2.25. The number of likely N-dealkylation sites (N-methyl/N-ethyl adjacent to an activating group) is 1. The normalized spacial score (nSPS) is 18.6. The van der Waals surface area contributed by atoms with Crippen LogP contribution >= 0.6 is 0 Å². The lowest BCUT2D eigenvalue weighted by atomic mass is 10.1. The van der Waals surface area contributed by atoms with Crippen LogP contribution < -0.4 is 10.1 Å². The lowest BCUT2D eigenvalue weighted by Crippen LogP contribution is -2.41. The molecule has 100 valence electrons. The molecule has 2 rings (SSSR count). The largest absolute Gasteiger partial charge is 0.496 e. The molecule has 0 radical (unpaired) electrons. The number of benzene rings is 1. The molecule has 4 nitrogen and oxygen atoms in total. The molecule has 1 atom stereocenters. The highest BCUT2D eigenvalue weighted by atomic mass is 16.5. The highest BCUT2D eigenvalue weighted by Gasteiger charge is 2.19. The predicted molar refractivity (Wildman–Crippen MR) is 72.1 cm³/mol. The van der Waals surface area contributed by atoms with Crippen LogP contribution in [-0.2, 0) is 4.74 Å². The number of hydrogen-bond acceptors (Lipinski definition) is 4. The number of ether oxygens (including phenoxy) is 2. The molecule has 1 N–H and O–H groups in total. The number of hydrogen-bond donors (Lipinski definition) is 1. The zero-order chi connectivity index (χ0) is 12.8. The summed E-state index contributed by atoms with van der Waals surface area (Å²) in [6.07, 6.45) is 0. The molecular weight excluding hydrogens is 228 g/mol. The number of nitrogens with zero attached hydrogens (tertiary/aromatic N) is 1. The zero-order valence-electron chi connectivity index (χ0n) is 11.2. The van der Waals surface area contributed by atoms with Gasteiger partial charge in [-0.2, -0.15) is 0 Å². The van der Waals surface area contributed by atoms with Crippen molar-refractivity contribution in [3.63, 3.8) is 0 Å². The first kappa shape index (κ1) is 13.3. The van der Waals surface area contributed by atoms with Crippen molar-refractivity contribution in [3.8, 4) is 5.75 Å². The van der Waals surface area contributed by atoms with Crippen molar-refractivity contribution in [1.29, 1.82) is 0 Å². The van der Waals surface area contributed by atoms with Crippen molar-refractivity contribution in [3.05, 3.63) is 29.8 Å². The van der Waals surface area contributed by atoms with Gasteiger partial charge in [-0.1, -0.05) is 18.2 Å². The van der Waals surface area contributed by atoms with Crippen molar-refractivity contribution >= 4 is 0 Å². The van der Waals surface area contributed by atoms with Crippen LogP contribution in [0.15, 0.2) is 24.3 Å². The topological polar surface area (TPSA) is 33.7 Å². The molecule has 1 aromatic carbocycles. The van der Waals surface area contributed by atoms with Gasteiger partial charge in [0.05, 0.1) is 20.3 Å². The summed E-state index contributed by atoms with van der Waals surface area (Å²) in [4.78, 5) is 2.43. The Kier molecular flexibility index (Phi) is 4.99. The van der Waals surface area contributed by atoms with Crippen molar-refractivity contribution in [2.45, 2.75) is 6.04 Å². The second-order valence-corrected chi connectivity index (χ2v) is 4.50. The van der Waals surface area contributed by atoms with Gasteiger partial charge in [-0.15, -0.1) is 0 Å². The average molecular weight is 250 g/mol. The van der Waals surface area contributed by atoms with E-state index in [4.69, 9.17) is 9.47 Å². The monoisotopic (exact) mass is 250 g/mol. The Labute approximate surface area is 109 Å². The van der Waals surface area contributed by atoms with E-state index in [2.05, 4.69) is 22.3 Å². The van der Waals surface area contributed by atoms with Gasteiger partial charge >= 0.3 is 0 Å². The standard InChI is InChI=1S/C14H22N2O2/c1-15-13(11-16-7-9-18-10-8-16)12-5-3-4-6-14(12)17-2/h3-6,13,15H,7-11H2,1-2H3. The Balaban J connectivity index is 2.07. The third-order valence-electron chi connectivity index (χ3n) is 3.41. The molecule has 1 aliphatic heterocycles. The Hall–Kier alpha value is -1.10. The quantitative estimate of drug-likeness (QED) is 0.854. The van der Waals surface area contributed by atoms with Crippen molar-refractivity contribution < 1.29 is 9.47 Å². The van der Waals surface area contributed by atoms with E-state index in [1.807, 2.05) is 19.2 Å². The summed E-state index contributed by atoms with van der Waals surface area (Å²) < 4.78 is 10.8. The Morgan fingerprint density at radius 3 is 2.72 bits per heavy atom. The van der Waals surface area contributed by atoms with Gasteiger partial charge in [0.25, 0.3) is 0 Å². The number of methoxy groups -OCH3 is 1. The van der Waals surface area contributed by atoms with Gasteiger partial charge in [0.1, 0.15) is 5.75 Å². The molecule has 0 bridgehead atoms. The molecule has 1 aliphatic rings. The summed E-state index contributed by atoms with van der Waals surface area (Å²) >= 11 is 0. The van der Waals surface area contributed by atoms with Crippen LogP contribution in [0.25, 0.3) is 0 Å². The van der Waals surface area contributed by atoms with E-state index < -0.39 is 0 Å². The van der Waals surface area contributed by atoms with Gasteiger partial charge in [-0.25, -0.2) is 0 Å². The van der Waals surface area contributed by atoms with E-state index in [1.165, 1.54) is 5.56 Å². The minimum absolute atomic E-state index is 0.291.